The van der Waals surface area contributed by atoms with Crippen LogP contribution in [0.1, 0.15) is 12.5 Å². The monoisotopic (exact) mass is 495 g/mol. The van der Waals surface area contributed by atoms with Gasteiger partial charge in [-0.3, -0.25) is 14.6 Å². The zero-order chi connectivity index (χ0) is 25.9. The van der Waals surface area contributed by atoms with Gasteiger partial charge >= 0.3 is 0 Å². The summed E-state index contributed by atoms with van der Waals surface area (Å²) >= 11 is 0. The third-order valence-electron chi connectivity index (χ3n) is 6.43. The number of benzene rings is 2. The van der Waals surface area contributed by atoms with Crippen LogP contribution in [0.2, 0.25) is 0 Å². The summed E-state index contributed by atoms with van der Waals surface area (Å²) in [5, 5.41) is 6.66. The van der Waals surface area contributed by atoms with Crippen molar-refractivity contribution < 1.29 is 9.18 Å². The number of hydrogen-bond acceptors (Lipinski definition) is 4. The highest BCUT2D eigenvalue weighted by Crippen LogP contribution is 2.29. The van der Waals surface area contributed by atoms with Crippen molar-refractivity contribution in [2.75, 3.05) is 12.4 Å². The van der Waals surface area contributed by atoms with Crippen LogP contribution >= 0.6 is 0 Å². The summed E-state index contributed by atoms with van der Waals surface area (Å²) in [6.45, 7) is 1.92. The summed E-state index contributed by atoms with van der Waals surface area (Å²) in [5.41, 5.74) is 4.84. The average molecular weight is 496 g/mol. The van der Waals surface area contributed by atoms with Gasteiger partial charge < -0.3 is 20.2 Å². The lowest BCUT2D eigenvalue weighted by Gasteiger charge is -2.17. The molecule has 0 radical (unpaired) electrons. The molecule has 0 fully saturated rings. The van der Waals surface area contributed by atoms with E-state index in [2.05, 4.69) is 20.6 Å². The van der Waals surface area contributed by atoms with Crippen LogP contribution in [0.3, 0.4) is 0 Å². The Morgan fingerprint density at radius 2 is 1.84 bits per heavy atom. The van der Waals surface area contributed by atoms with Gasteiger partial charge in [-0.05, 0) is 73.6 Å². The topological polar surface area (TPSA) is 91.8 Å². The van der Waals surface area contributed by atoms with Crippen molar-refractivity contribution in [2.45, 2.75) is 19.5 Å². The van der Waals surface area contributed by atoms with Crippen LogP contribution in [-0.2, 0) is 11.3 Å². The molecule has 0 bridgehead atoms. The van der Waals surface area contributed by atoms with Gasteiger partial charge in [-0.25, -0.2) is 4.39 Å². The van der Waals surface area contributed by atoms with Crippen molar-refractivity contribution in [1.82, 2.24) is 19.9 Å². The molecule has 0 unspecified atom stereocenters. The van der Waals surface area contributed by atoms with E-state index in [1.807, 2.05) is 36.5 Å². The molecular weight excluding hydrogens is 469 g/mol. The molecule has 8 heteroatoms. The number of carbonyl (C=O) groups excluding carboxylic acids is 1. The Kier molecular flexibility index (Phi) is 6.66. The Bertz CT molecular complexity index is 1640. The molecule has 1 atom stereocenters. The second-order valence-corrected chi connectivity index (χ2v) is 8.86. The van der Waals surface area contributed by atoms with E-state index in [9.17, 15) is 14.0 Å². The third kappa shape index (κ3) is 4.92. The first-order valence-corrected chi connectivity index (χ1v) is 11.9. The van der Waals surface area contributed by atoms with E-state index < -0.39 is 6.04 Å². The van der Waals surface area contributed by atoms with Gasteiger partial charge in [-0.1, -0.05) is 18.2 Å². The van der Waals surface area contributed by atoms with Crippen molar-refractivity contribution in [3.05, 3.63) is 107 Å². The van der Waals surface area contributed by atoms with E-state index in [0.717, 1.165) is 27.6 Å². The molecule has 5 aromatic rings. The highest BCUT2D eigenvalue weighted by atomic mass is 19.1. The number of aromatic amines is 1. The van der Waals surface area contributed by atoms with Crippen molar-refractivity contribution in [2.24, 2.45) is 0 Å². The molecule has 0 saturated carbocycles. The van der Waals surface area contributed by atoms with Crippen LogP contribution in [-0.4, -0.2) is 33.5 Å². The summed E-state index contributed by atoms with van der Waals surface area (Å²) < 4.78 is 15.2. The molecule has 2 aromatic carbocycles. The zero-order valence-electron chi connectivity index (χ0n) is 20.5. The molecule has 5 rings (SSSR count). The summed E-state index contributed by atoms with van der Waals surface area (Å²) in [7, 11) is 1.67. The molecule has 0 saturated heterocycles. The van der Waals surface area contributed by atoms with Gasteiger partial charge in [0.15, 0.2) is 0 Å². The van der Waals surface area contributed by atoms with Crippen LogP contribution in [0.15, 0.2) is 90.1 Å². The molecule has 0 aliphatic carbocycles. The van der Waals surface area contributed by atoms with Gasteiger partial charge in [-0.2, -0.15) is 0 Å². The lowest BCUT2D eigenvalue weighted by atomic mass is 10.0. The van der Waals surface area contributed by atoms with E-state index in [-0.39, 0.29) is 29.5 Å². The number of nitrogens with one attached hydrogen (secondary N) is 3. The van der Waals surface area contributed by atoms with Gasteiger partial charge in [0.1, 0.15) is 11.5 Å². The second-order valence-electron chi connectivity index (χ2n) is 8.86. The molecule has 3 aromatic heterocycles. The maximum Gasteiger partial charge on any atom is 0.275 e. The molecule has 37 heavy (non-hydrogen) atoms. The van der Waals surface area contributed by atoms with E-state index in [0.29, 0.717) is 11.3 Å². The number of hydrogen-bond donors (Lipinski definition) is 3. The normalized spacial score (nSPS) is 12.0. The van der Waals surface area contributed by atoms with Crippen molar-refractivity contribution in [1.29, 1.82) is 0 Å². The molecule has 0 aliphatic rings. The fourth-order valence-electron chi connectivity index (χ4n) is 4.29. The van der Waals surface area contributed by atoms with E-state index >= 15 is 0 Å². The number of H-pyrrole nitrogens is 1. The quantitative estimate of drug-likeness (QED) is 0.303. The third-order valence-corrected chi connectivity index (χ3v) is 6.43. The van der Waals surface area contributed by atoms with Gasteiger partial charge in [0.05, 0.1) is 18.3 Å². The van der Waals surface area contributed by atoms with Gasteiger partial charge in [0.2, 0.25) is 5.91 Å². The second kappa shape index (κ2) is 10.2. The fourth-order valence-corrected chi connectivity index (χ4v) is 4.29. The number of amides is 1. The molecule has 3 heterocycles. The SMILES string of the molecule is CN[C@@H](C)C(=O)Nc1ccc(-c2ccc(F)cc2)n(Cc2cncc(-c3c[nH]c4ccccc34)c2)c1=O. The maximum atomic E-state index is 13.6. The molecule has 1 amide bonds. The van der Waals surface area contributed by atoms with Crippen molar-refractivity contribution in [3.63, 3.8) is 0 Å². The number of pyridine rings is 2. The Balaban J connectivity index is 1.57. The predicted octanol–water partition coefficient (Wildman–Crippen LogP) is 4.79. The number of nitrogens with zero attached hydrogens (tertiary/aromatic N) is 2. The summed E-state index contributed by atoms with van der Waals surface area (Å²) in [5.74, 6) is -0.679. The predicted molar refractivity (Wildman–Crippen MR) is 144 cm³/mol. The highest BCUT2D eigenvalue weighted by molar-refractivity contribution is 5.95. The average Bonchev–Trinajstić information content (AvgIpc) is 3.35. The Morgan fingerprint density at radius 1 is 1.05 bits per heavy atom. The van der Waals surface area contributed by atoms with E-state index in [1.54, 1.807) is 55.2 Å². The zero-order valence-corrected chi connectivity index (χ0v) is 20.5. The van der Waals surface area contributed by atoms with E-state index in [1.165, 1.54) is 12.1 Å². The van der Waals surface area contributed by atoms with Gasteiger partial charge in [-0.15, -0.1) is 0 Å². The minimum absolute atomic E-state index is 0.165. The smallest absolute Gasteiger partial charge is 0.275 e. The number of halogens is 1. The van der Waals surface area contributed by atoms with Gasteiger partial charge in [0.25, 0.3) is 5.56 Å². The van der Waals surface area contributed by atoms with Crippen molar-refractivity contribution in [3.8, 4) is 22.4 Å². The van der Waals surface area contributed by atoms with Crippen LogP contribution in [0.25, 0.3) is 33.3 Å². The molecule has 186 valence electrons. The van der Waals surface area contributed by atoms with Crippen LogP contribution in [0.5, 0.6) is 0 Å². The van der Waals surface area contributed by atoms with Crippen LogP contribution in [0, 0.1) is 5.82 Å². The lowest BCUT2D eigenvalue weighted by molar-refractivity contribution is -0.117. The Morgan fingerprint density at radius 3 is 2.62 bits per heavy atom. The number of rotatable bonds is 7. The first-order chi connectivity index (χ1) is 17.9. The number of anilines is 1. The number of carbonyl (C=O) groups is 1. The van der Waals surface area contributed by atoms with Crippen molar-refractivity contribution >= 4 is 22.5 Å². The van der Waals surface area contributed by atoms with Crippen LogP contribution in [0.4, 0.5) is 10.1 Å². The standard InChI is InChI=1S/C29H26FN5O2/c1-18(31-2)28(36)34-26-11-12-27(20-7-9-22(30)10-8-20)35(29(26)37)17-19-13-21(15-32-14-19)24-16-33-25-6-4-3-5-23(24)25/h3-16,18,31,33H,17H2,1-2H3,(H,34,36)/t18-/m0/s1. The molecule has 0 aliphatic heterocycles. The first kappa shape index (κ1) is 24.1. The van der Waals surface area contributed by atoms with Gasteiger partial charge in [0, 0.05) is 40.6 Å². The van der Waals surface area contributed by atoms with E-state index in [4.69, 9.17) is 0 Å². The number of fused-ring (bicyclic) bond motifs is 1. The minimum atomic E-state index is -0.471. The largest absolute Gasteiger partial charge is 0.361 e. The summed E-state index contributed by atoms with van der Waals surface area (Å²) in [6, 6.07) is 18.8. The maximum absolute atomic E-state index is 13.6. The molecular formula is C29H26FN5O2. The first-order valence-electron chi connectivity index (χ1n) is 11.9. The summed E-state index contributed by atoms with van der Waals surface area (Å²) in [6.07, 6.45) is 5.45. The lowest BCUT2D eigenvalue weighted by Crippen LogP contribution is -2.37. The molecule has 7 nitrogen and oxygen atoms in total. The van der Waals surface area contributed by atoms with Crippen LogP contribution < -0.4 is 16.2 Å². The number of aromatic nitrogens is 3. The Labute approximate surface area is 213 Å². The molecule has 3 N–H and O–H groups in total. The molecule has 0 spiro atoms. The fraction of sp³-hybridized carbons (Fsp3) is 0.138. The Hall–Kier alpha value is -4.56. The number of para-hydroxylation sites is 1. The highest BCUT2D eigenvalue weighted by Gasteiger charge is 2.17. The minimum Gasteiger partial charge on any atom is -0.361 e. The number of likely N-dealkylation sites (N-methyl/N-ethyl adjacent to an activating group) is 1. The summed E-state index contributed by atoms with van der Waals surface area (Å²) in [4.78, 5) is 33.8.